The highest BCUT2D eigenvalue weighted by Gasteiger charge is 2.21. The number of nitrogens with zero attached hydrogens (tertiary/aromatic N) is 1. The van der Waals surface area contributed by atoms with E-state index >= 15 is 0 Å². The van der Waals surface area contributed by atoms with Crippen molar-refractivity contribution in [3.05, 3.63) is 56.7 Å². The maximum absolute atomic E-state index is 12.1. The predicted molar refractivity (Wildman–Crippen MR) is 93.4 cm³/mol. The molecule has 0 unspecified atom stereocenters. The van der Waals surface area contributed by atoms with Gasteiger partial charge in [-0.05, 0) is 69.7 Å². The summed E-state index contributed by atoms with van der Waals surface area (Å²) in [5, 5.41) is 1.98. The van der Waals surface area contributed by atoms with Gasteiger partial charge in [0.2, 0.25) is 5.91 Å². The third-order valence-electron chi connectivity index (χ3n) is 3.55. The fourth-order valence-corrected chi connectivity index (χ4v) is 3.55. The van der Waals surface area contributed by atoms with Crippen LogP contribution in [0.4, 0.5) is 5.69 Å². The maximum Gasteiger partial charge on any atom is 0.227 e. The van der Waals surface area contributed by atoms with Crippen LogP contribution in [-0.2, 0) is 4.79 Å². The smallest absolute Gasteiger partial charge is 0.227 e. The molecule has 2 aromatic rings. The van der Waals surface area contributed by atoms with Gasteiger partial charge in [0.25, 0.3) is 0 Å². The number of ketones is 1. The van der Waals surface area contributed by atoms with Crippen LogP contribution in [0.2, 0.25) is 0 Å². The van der Waals surface area contributed by atoms with Crippen molar-refractivity contribution >= 4 is 50.7 Å². The van der Waals surface area contributed by atoms with Crippen LogP contribution in [0.3, 0.4) is 0 Å². The Balaban J connectivity index is 1.71. The molecule has 3 nitrogen and oxygen atoms in total. The zero-order valence-electron chi connectivity index (χ0n) is 11.8. The van der Waals surface area contributed by atoms with Crippen LogP contribution >= 0.6 is 27.3 Å². The third-order valence-corrected chi connectivity index (χ3v) is 5.07. The molecule has 1 fully saturated rings. The highest BCUT2D eigenvalue weighted by atomic mass is 79.9. The number of thiophene rings is 1. The zero-order valence-corrected chi connectivity index (χ0v) is 14.2. The molecule has 0 atom stereocenters. The summed E-state index contributed by atoms with van der Waals surface area (Å²) in [6.07, 6.45) is 4.89. The van der Waals surface area contributed by atoms with Gasteiger partial charge in [-0.25, -0.2) is 0 Å². The van der Waals surface area contributed by atoms with Crippen LogP contribution < -0.4 is 4.90 Å². The summed E-state index contributed by atoms with van der Waals surface area (Å²) in [6.45, 7) is 0.763. The van der Waals surface area contributed by atoms with Crippen molar-refractivity contribution in [3.8, 4) is 0 Å². The minimum atomic E-state index is -0.0402. The molecule has 1 aromatic carbocycles. The molecule has 3 rings (SSSR count). The number of benzene rings is 1. The Labute approximate surface area is 141 Å². The van der Waals surface area contributed by atoms with Crippen LogP contribution in [0.25, 0.3) is 6.08 Å². The summed E-state index contributed by atoms with van der Waals surface area (Å²) in [5.74, 6) is 0.114. The summed E-state index contributed by atoms with van der Waals surface area (Å²) >= 11 is 4.98. The number of hydrogen-bond acceptors (Lipinski definition) is 3. The van der Waals surface area contributed by atoms with Crippen molar-refractivity contribution < 1.29 is 9.59 Å². The normalized spacial score (nSPS) is 15.0. The van der Waals surface area contributed by atoms with E-state index in [1.165, 1.54) is 0 Å². The summed E-state index contributed by atoms with van der Waals surface area (Å²) in [4.78, 5) is 25.6. The number of allylic oxidation sites excluding steroid dienone is 1. The lowest BCUT2D eigenvalue weighted by Gasteiger charge is -2.15. The number of hydrogen-bond donors (Lipinski definition) is 0. The van der Waals surface area contributed by atoms with Crippen molar-refractivity contribution in [2.45, 2.75) is 12.8 Å². The second-order valence-electron chi connectivity index (χ2n) is 5.08. The summed E-state index contributed by atoms with van der Waals surface area (Å²) in [5.41, 5.74) is 2.50. The molecule has 1 amide bonds. The summed E-state index contributed by atoms with van der Waals surface area (Å²) < 4.78 is 1.04. The third kappa shape index (κ3) is 3.36. The SMILES string of the molecule is O=C(/C=C/c1csc(Br)c1)c1ccc(N2CCCC2=O)cc1. The van der Waals surface area contributed by atoms with Crippen LogP contribution in [0.5, 0.6) is 0 Å². The first-order valence-electron chi connectivity index (χ1n) is 7.00. The Hall–Kier alpha value is -1.72. The first-order chi connectivity index (χ1) is 10.6. The van der Waals surface area contributed by atoms with E-state index in [-0.39, 0.29) is 11.7 Å². The largest absolute Gasteiger partial charge is 0.312 e. The molecule has 2 heterocycles. The van der Waals surface area contributed by atoms with E-state index in [2.05, 4.69) is 15.9 Å². The second-order valence-corrected chi connectivity index (χ2v) is 7.37. The number of amides is 1. The van der Waals surface area contributed by atoms with Crippen LogP contribution in [0, 0.1) is 0 Å². The Morgan fingerprint density at radius 3 is 2.64 bits per heavy atom. The Kier molecular flexibility index (Phi) is 4.55. The highest BCUT2D eigenvalue weighted by molar-refractivity contribution is 9.11. The average molecular weight is 376 g/mol. The van der Waals surface area contributed by atoms with Crippen molar-refractivity contribution in [1.29, 1.82) is 0 Å². The molecular formula is C17H14BrNO2S. The number of carbonyl (C=O) groups is 2. The average Bonchev–Trinajstić information content (AvgIpc) is 3.13. The van der Waals surface area contributed by atoms with Gasteiger partial charge in [0, 0.05) is 24.2 Å². The summed E-state index contributed by atoms with van der Waals surface area (Å²) in [7, 11) is 0. The first kappa shape index (κ1) is 15.2. The molecule has 5 heteroatoms. The van der Waals surface area contributed by atoms with Crippen LogP contribution in [0.1, 0.15) is 28.8 Å². The molecule has 0 radical (unpaired) electrons. The van der Waals surface area contributed by atoms with Gasteiger partial charge in [0.15, 0.2) is 5.78 Å². The van der Waals surface area contributed by atoms with E-state index < -0.39 is 0 Å². The topological polar surface area (TPSA) is 37.4 Å². The minimum Gasteiger partial charge on any atom is -0.312 e. The van der Waals surface area contributed by atoms with Crippen LogP contribution in [-0.4, -0.2) is 18.2 Å². The molecule has 112 valence electrons. The van der Waals surface area contributed by atoms with E-state index in [1.807, 2.05) is 29.7 Å². The van der Waals surface area contributed by atoms with Gasteiger partial charge >= 0.3 is 0 Å². The fraction of sp³-hybridized carbons (Fsp3) is 0.176. The van der Waals surface area contributed by atoms with Crippen molar-refractivity contribution in [3.63, 3.8) is 0 Å². The number of carbonyl (C=O) groups excluding carboxylic acids is 2. The molecule has 0 N–H and O–H groups in total. The van der Waals surface area contributed by atoms with Gasteiger partial charge in [-0.1, -0.05) is 6.08 Å². The first-order valence-corrected chi connectivity index (χ1v) is 8.67. The monoisotopic (exact) mass is 375 g/mol. The van der Waals surface area contributed by atoms with E-state index in [9.17, 15) is 9.59 Å². The van der Waals surface area contributed by atoms with Gasteiger partial charge in [0.1, 0.15) is 0 Å². The Morgan fingerprint density at radius 2 is 2.05 bits per heavy atom. The van der Waals surface area contributed by atoms with Crippen molar-refractivity contribution in [2.24, 2.45) is 0 Å². The summed E-state index contributed by atoms with van der Waals surface area (Å²) in [6, 6.07) is 9.20. The number of rotatable bonds is 4. The molecule has 0 aliphatic carbocycles. The standard InChI is InChI=1S/C17H14BrNO2S/c18-16-10-12(11-22-16)3-8-15(20)13-4-6-14(7-5-13)19-9-1-2-17(19)21/h3-8,10-11H,1-2,9H2/b8-3+. The van der Waals surface area contributed by atoms with E-state index in [4.69, 9.17) is 0 Å². The Morgan fingerprint density at radius 1 is 1.27 bits per heavy atom. The molecule has 1 aliphatic heterocycles. The lowest BCUT2D eigenvalue weighted by molar-refractivity contribution is -0.117. The minimum absolute atomic E-state index is 0.0402. The fourth-order valence-electron chi connectivity index (χ4n) is 2.41. The van der Waals surface area contributed by atoms with Gasteiger partial charge in [-0.2, -0.15) is 0 Å². The number of anilines is 1. The quantitative estimate of drug-likeness (QED) is 0.581. The second kappa shape index (κ2) is 6.58. The molecule has 1 aromatic heterocycles. The predicted octanol–water partition coefficient (Wildman–Crippen LogP) is 4.53. The zero-order chi connectivity index (χ0) is 15.5. The molecular weight excluding hydrogens is 362 g/mol. The maximum atomic E-state index is 12.1. The van der Waals surface area contributed by atoms with E-state index in [0.717, 1.165) is 28.0 Å². The molecule has 0 bridgehead atoms. The molecule has 1 saturated heterocycles. The molecule has 0 saturated carbocycles. The lowest BCUT2D eigenvalue weighted by atomic mass is 10.1. The van der Waals surface area contributed by atoms with E-state index in [1.54, 1.807) is 34.4 Å². The van der Waals surface area contributed by atoms with E-state index in [0.29, 0.717) is 12.0 Å². The molecule has 22 heavy (non-hydrogen) atoms. The molecule has 0 spiro atoms. The van der Waals surface area contributed by atoms with Gasteiger partial charge < -0.3 is 4.90 Å². The van der Waals surface area contributed by atoms with Gasteiger partial charge in [0.05, 0.1) is 3.79 Å². The highest BCUT2D eigenvalue weighted by Crippen LogP contribution is 2.23. The van der Waals surface area contributed by atoms with Gasteiger partial charge in [-0.3, -0.25) is 9.59 Å². The molecule has 1 aliphatic rings. The number of halogens is 1. The van der Waals surface area contributed by atoms with Gasteiger partial charge in [-0.15, -0.1) is 11.3 Å². The Bertz CT molecular complexity index is 733. The van der Waals surface area contributed by atoms with Crippen molar-refractivity contribution in [1.82, 2.24) is 0 Å². The van der Waals surface area contributed by atoms with Crippen LogP contribution in [0.15, 0.2) is 45.6 Å². The van der Waals surface area contributed by atoms with Crippen molar-refractivity contribution in [2.75, 3.05) is 11.4 Å². The lowest BCUT2D eigenvalue weighted by Crippen LogP contribution is -2.23.